The number of benzene rings is 1. The van der Waals surface area contributed by atoms with Gasteiger partial charge >= 0.3 is 5.97 Å². The fraction of sp³-hybridized carbons (Fsp3) is 0.0769. The van der Waals surface area contributed by atoms with Gasteiger partial charge in [0, 0.05) is 13.6 Å². The molecule has 0 amide bonds. The Bertz CT molecular complexity index is 591. The van der Waals surface area contributed by atoms with Gasteiger partial charge in [0.05, 0.1) is 0 Å². The molecule has 0 saturated heterocycles. The van der Waals surface area contributed by atoms with Crippen molar-refractivity contribution >= 4 is 50.4 Å². The van der Waals surface area contributed by atoms with E-state index >= 15 is 0 Å². The average Bonchev–Trinajstić information content (AvgIpc) is 2.72. The van der Waals surface area contributed by atoms with Gasteiger partial charge in [-0.2, -0.15) is 0 Å². The number of carbonyl (C=O) groups is 1. The van der Waals surface area contributed by atoms with Crippen LogP contribution in [0.4, 0.5) is 0 Å². The van der Waals surface area contributed by atoms with Crippen molar-refractivity contribution in [3.8, 4) is 0 Å². The molecular formula is C13H9BrINO2. The zero-order valence-corrected chi connectivity index (χ0v) is 13.2. The fourth-order valence-corrected chi connectivity index (χ4v) is 2.08. The van der Waals surface area contributed by atoms with Crippen LogP contribution in [0.15, 0.2) is 51.6 Å². The molecule has 1 aromatic carbocycles. The minimum Gasteiger partial charge on any atom is -0.402 e. The number of nitrogens with zero attached hydrogens (tertiary/aromatic N) is 1. The third-order valence-electron chi connectivity index (χ3n) is 2.23. The van der Waals surface area contributed by atoms with Gasteiger partial charge in [-0.3, -0.25) is 0 Å². The lowest BCUT2D eigenvalue weighted by molar-refractivity contribution is -0.130. The molecule has 0 aliphatic carbocycles. The van der Waals surface area contributed by atoms with E-state index in [1.807, 2.05) is 31.2 Å². The molecule has 0 N–H and O–H groups in total. The van der Waals surface area contributed by atoms with Gasteiger partial charge < -0.3 is 4.74 Å². The van der Waals surface area contributed by atoms with Gasteiger partial charge in [0.2, 0.25) is 5.90 Å². The number of aliphatic imine (C=N–C) groups is 1. The van der Waals surface area contributed by atoms with Gasteiger partial charge in [-0.1, -0.05) is 12.2 Å². The minimum absolute atomic E-state index is 0.317. The van der Waals surface area contributed by atoms with E-state index in [9.17, 15) is 4.79 Å². The first-order valence-corrected chi connectivity index (χ1v) is 7.08. The van der Waals surface area contributed by atoms with Crippen LogP contribution in [-0.2, 0) is 9.53 Å². The van der Waals surface area contributed by atoms with Crippen LogP contribution in [0.5, 0.6) is 0 Å². The third-order valence-corrected chi connectivity index (χ3v) is 4.57. The Hall–Kier alpha value is -0.950. The van der Waals surface area contributed by atoms with Gasteiger partial charge in [-0.25, -0.2) is 9.79 Å². The molecular weight excluding hydrogens is 409 g/mol. The Morgan fingerprint density at radius 1 is 1.44 bits per heavy atom. The van der Waals surface area contributed by atoms with Crippen LogP contribution >= 0.6 is 38.5 Å². The van der Waals surface area contributed by atoms with Crippen LogP contribution in [0, 0.1) is 3.57 Å². The Balaban J connectivity index is 2.35. The van der Waals surface area contributed by atoms with Gasteiger partial charge in [0.15, 0.2) is 5.70 Å². The van der Waals surface area contributed by atoms with Crippen LogP contribution in [0.2, 0.25) is 0 Å². The average molecular weight is 418 g/mol. The number of halogens is 2. The van der Waals surface area contributed by atoms with E-state index in [1.165, 1.54) is 0 Å². The van der Waals surface area contributed by atoms with Crippen LogP contribution < -0.4 is 0 Å². The van der Waals surface area contributed by atoms with Crippen LogP contribution in [0.1, 0.15) is 12.5 Å². The summed E-state index contributed by atoms with van der Waals surface area (Å²) in [7, 11) is 0. The van der Waals surface area contributed by atoms with Crippen molar-refractivity contribution < 1.29 is 9.53 Å². The SMILES string of the molecule is C/C=C/C=C1\N=C(c2ccc(I)c(Br)c2)OC1=O. The highest BCUT2D eigenvalue weighted by Gasteiger charge is 2.23. The second-order valence-corrected chi connectivity index (χ2v) is 5.53. The molecule has 18 heavy (non-hydrogen) atoms. The molecule has 0 unspecified atom stereocenters. The van der Waals surface area contributed by atoms with E-state index in [-0.39, 0.29) is 0 Å². The first-order valence-electron chi connectivity index (χ1n) is 5.21. The maximum atomic E-state index is 11.6. The molecule has 0 aromatic heterocycles. The highest BCUT2D eigenvalue weighted by molar-refractivity contribution is 14.1. The number of rotatable bonds is 2. The van der Waals surface area contributed by atoms with Crippen molar-refractivity contribution in [3.05, 3.63) is 55.7 Å². The lowest BCUT2D eigenvalue weighted by Gasteiger charge is -2.01. The molecule has 0 fully saturated rings. The Morgan fingerprint density at radius 2 is 2.22 bits per heavy atom. The summed E-state index contributed by atoms with van der Waals surface area (Å²) in [5.41, 5.74) is 1.09. The fourth-order valence-electron chi connectivity index (χ4n) is 1.36. The van der Waals surface area contributed by atoms with Gasteiger partial charge in [-0.05, 0) is 69.7 Å². The van der Waals surface area contributed by atoms with Crippen molar-refractivity contribution in [2.75, 3.05) is 0 Å². The summed E-state index contributed by atoms with van der Waals surface area (Å²) in [6.07, 6.45) is 5.22. The van der Waals surface area contributed by atoms with Crippen LogP contribution in [-0.4, -0.2) is 11.9 Å². The maximum Gasteiger partial charge on any atom is 0.363 e. The summed E-state index contributed by atoms with van der Waals surface area (Å²) in [5.74, 6) is -0.0781. The molecule has 1 aromatic rings. The molecule has 0 saturated carbocycles. The van der Waals surface area contributed by atoms with Gasteiger partial charge in [0.1, 0.15) is 0 Å². The largest absolute Gasteiger partial charge is 0.402 e. The monoisotopic (exact) mass is 417 g/mol. The first-order chi connectivity index (χ1) is 8.61. The summed E-state index contributed by atoms with van der Waals surface area (Å²) in [5, 5.41) is 0. The molecule has 3 nitrogen and oxygen atoms in total. The maximum absolute atomic E-state index is 11.6. The smallest absolute Gasteiger partial charge is 0.363 e. The van der Waals surface area contributed by atoms with Crippen LogP contribution in [0.25, 0.3) is 0 Å². The number of allylic oxidation sites excluding steroid dienone is 3. The normalized spacial score (nSPS) is 17.4. The third kappa shape index (κ3) is 2.89. The second kappa shape index (κ2) is 5.79. The Labute approximate surface area is 127 Å². The number of hydrogen-bond acceptors (Lipinski definition) is 3. The lowest BCUT2D eigenvalue weighted by Crippen LogP contribution is -2.05. The first kappa shape index (κ1) is 13.5. The van der Waals surface area contributed by atoms with E-state index in [2.05, 4.69) is 43.5 Å². The molecule has 0 spiro atoms. The predicted octanol–water partition coefficient (Wildman–Crippen LogP) is 3.82. The minimum atomic E-state index is -0.419. The summed E-state index contributed by atoms with van der Waals surface area (Å²) in [6.45, 7) is 1.87. The molecule has 0 bridgehead atoms. The van der Waals surface area contributed by atoms with E-state index in [4.69, 9.17) is 4.74 Å². The highest BCUT2D eigenvalue weighted by Crippen LogP contribution is 2.23. The summed E-state index contributed by atoms with van der Waals surface area (Å²) >= 11 is 5.65. The van der Waals surface area contributed by atoms with E-state index in [0.717, 1.165) is 13.6 Å². The number of hydrogen-bond donors (Lipinski definition) is 0. The number of ether oxygens (including phenoxy) is 1. The van der Waals surface area contributed by atoms with E-state index in [0.29, 0.717) is 11.6 Å². The highest BCUT2D eigenvalue weighted by atomic mass is 127. The van der Waals surface area contributed by atoms with Gasteiger partial charge in [-0.15, -0.1) is 0 Å². The Morgan fingerprint density at radius 3 is 2.89 bits per heavy atom. The van der Waals surface area contributed by atoms with E-state index in [1.54, 1.807) is 12.2 Å². The van der Waals surface area contributed by atoms with Crippen LogP contribution in [0.3, 0.4) is 0 Å². The zero-order chi connectivity index (χ0) is 13.1. The summed E-state index contributed by atoms with van der Waals surface area (Å²) < 4.78 is 7.18. The molecule has 0 radical (unpaired) electrons. The van der Waals surface area contributed by atoms with Crippen molar-refractivity contribution in [1.29, 1.82) is 0 Å². The molecule has 0 atom stereocenters. The predicted molar refractivity (Wildman–Crippen MR) is 82.4 cm³/mol. The summed E-state index contributed by atoms with van der Waals surface area (Å²) in [6, 6.07) is 5.69. The molecule has 2 rings (SSSR count). The number of carbonyl (C=O) groups excluding carboxylic acids is 1. The number of cyclic esters (lactones) is 1. The molecule has 1 heterocycles. The quantitative estimate of drug-likeness (QED) is 0.417. The van der Waals surface area contributed by atoms with Crippen molar-refractivity contribution in [1.82, 2.24) is 0 Å². The van der Waals surface area contributed by atoms with Crippen molar-refractivity contribution in [2.24, 2.45) is 4.99 Å². The van der Waals surface area contributed by atoms with Crippen molar-refractivity contribution in [3.63, 3.8) is 0 Å². The zero-order valence-electron chi connectivity index (χ0n) is 9.48. The molecule has 92 valence electrons. The topological polar surface area (TPSA) is 38.7 Å². The van der Waals surface area contributed by atoms with Crippen molar-refractivity contribution in [2.45, 2.75) is 6.92 Å². The second-order valence-electron chi connectivity index (χ2n) is 3.51. The molecule has 1 aliphatic rings. The molecule has 1 aliphatic heterocycles. The van der Waals surface area contributed by atoms with Gasteiger partial charge in [0.25, 0.3) is 0 Å². The number of esters is 1. The standard InChI is InChI=1S/C13H9BrINO2/c1-2-3-4-11-13(17)18-12(16-11)8-5-6-10(15)9(14)7-8/h2-7H,1H3/b3-2+,11-4-. The Kier molecular flexibility index (Phi) is 4.34. The molecule has 5 heteroatoms. The van der Waals surface area contributed by atoms with E-state index < -0.39 is 5.97 Å². The summed E-state index contributed by atoms with van der Waals surface area (Å²) in [4.78, 5) is 15.7. The lowest BCUT2D eigenvalue weighted by atomic mass is 10.2.